The van der Waals surface area contributed by atoms with E-state index >= 15 is 0 Å². The summed E-state index contributed by atoms with van der Waals surface area (Å²) in [6, 6.07) is 5.85. The van der Waals surface area contributed by atoms with E-state index in [1.165, 1.54) is 17.3 Å². The number of amides is 1. The zero-order valence-corrected chi connectivity index (χ0v) is 16.0. The van der Waals surface area contributed by atoms with E-state index in [4.69, 9.17) is 0 Å². The predicted molar refractivity (Wildman–Crippen MR) is 107 cm³/mol. The van der Waals surface area contributed by atoms with Gasteiger partial charge in [-0.2, -0.15) is 0 Å². The molecule has 0 aliphatic carbocycles. The second kappa shape index (κ2) is 8.59. The van der Waals surface area contributed by atoms with Gasteiger partial charge in [0.15, 0.2) is 11.0 Å². The normalized spacial score (nSPS) is 10.6. The van der Waals surface area contributed by atoms with Crippen LogP contribution in [0.1, 0.15) is 11.1 Å². The first-order valence-corrected chi connectivity index (χ1v) is 9.37. The lowest BCUT2D eigenvalue weighted by atomic mass is 10.1. The van der Waals surface area contributed by atoms with Crippen molar-refractivity contribution in [3.63, 3.8) is 0 Å². The first kappa shape index (κ1) is 18.8. The lowest BCUT2D eigenvalue weighted by Crippen LogP contribution is -2.15. The molecule has 7 nitrogen and oxygen atoms in total. The molecule has 1 aromatic carbocycles. The molecule has 27 heavy (non-hydrogen) atoms. The number of hydrogen-bond acceptors (Lipinski definition) is 6. The topological polar surface area (TPSA) is 85.6 Å². The van der Waals surface area contributed by atoms with Crippen molar-refractivity contribution in [1.82, 2.24) is 24.7 Å². The molecule has 0 saturated carbocycles. The highest BCUT2D eigenvalue weighted by molar-refractivity contribution is 7.99. The fraction of sp³-hybridized carbons (Fsp3) is 0.211. The zero-order valence-electron chi connectivity index (χ0n) is 15.2. The predicted octanol–water partition coefficient (Wildman–Crippen LogP) is 3.27. The number of aromatic nitrogens is 5. The van der Waals surface area contributed by atoms with Gasteiger partial charge in [-0.1, -0.05) is 23.9 Å². The van der Waals surface area contributed by atoms with Gasteiger partial charge in [-0.3, -0.25) is 14.3 Å². The smallest absolute Gasteiger partial charge is 0.234 e. The molecular weight excluding hydrogens is 360 g/mol. The fourth-order valence-electron chi connectivity index (χ4n) is 2.44. The van der Waals surface area contributed by atoms with Crippen molar-refractivity contribution < 1.29 is 4.79 Å². The number of carbonyl (C=O) groups is 1. The van der Waals surface area contributed by atoms with Crippen molar-refractivity contribution in [3.8, 4) is 11.5 Å². The van der Waals surface area contributed by atoms with Crippen LogP contribution in [0.5, 0.6) is 0 Å². The summed E-state index contributed by atoms with van der Waals surface area (Å²) in [5, 5.41) is 11.9. The van der Waals surface area contributed by atoms with E-state index in [1.54, 1.807) is 24.7 Å². The molecule has 0 fully saturated rings. The summed E-state index contributed by atoms with van der Waals surface area (Å²) >= 11 is 1.32. The van der Waals surface area contributed by atoms with Gasteiger partial charge in [0, 0.05) is 24.6 Å². The van der Waals surface area contributed by atoms with Gasteiger partial charge in [0.25, 0.3) is 0 Å². The van der Waals surface area contributed by atoms with Crippen LogP contribution in [0.2, 0.25) is 0 Å². The van der Waals surface area contributed by atoms with Gasteiger partial charge >= 0.3 is 0 Å². The number of rotatable bonds is 7. The summed E-state index contributed by atoms with van der Waals surface area (Å²) in [5.74, 6) is 0.723. The van der Waals surface area contributed by atoms with Crippen LogP contribution < -0.4 is 5.32 Å². The molecule has 3 aromatic rings. The van der Waals surface area contributed by atoms with E-state index in [9.17, 15) is 4.79 Å². The van der Waals surface area contributed by atoms with Crippen molar-refractivity contribution in [3.05, 3.63) is 60.6 Å². The Morgan fingerprint density at radius 3 is 2.81 bits per heavy atom. The minimum absolute atomic E-state index is 0.0996. The van der Waals surface area contributed by atoms with Crippen LogP contribution in [0, 0.1) is 13.8 Å². The van der Waals surface area contributed by atoms with Crippen molar-refractivity contribution in [1.29, 1.82) is 0 Å². The molecule has 138 valence electrons. The van der Waals surface area contributed by atoms with Gasteiger partial charge < -0.3 is 5.32 Å². The molecule has 0 radical (unpaired) electrons. The van der Waals surface area contributed by atoms with Crippen LogP contribution in [-0.2, 0) is 11.3 Å². The van der Waals surface area contributed by atoms with Crippen LogP contribution in [-0.4, -0.2) is 36.4 Å². The number of carbonyl (C=O) groups excluding carboxylic acids is 1. The Balaban J connectivity index is 1.70. The van der Waals surface area contributed by atoms with Gasteiger partial charge in [0.2, 0.25) is 5.91 Å². The standard InChI is InChI=1S/C19H20N6OS/c1-4-9-25-18(16-11-20-7-8-21-16)23-24-19(25)27-12-17(26)22-15-6-5-13(2)14(3)10-15/h4-8,10-11H,1,9,12H2,2-3H3,(H,22,26). The third-order valence-electron chi connectivity index (χ3n) is 3.94. The molecule has 1 N–H and O–H groups in total. The molecule has 0 atom stereocenters. The highest BCUT2D eigenvalue weighted by atomic mass is 32.2. The number of nitrogens with one attached hydrogen (secondary N) is 1. The van der Waals surface area contributed by atoms with E-state index in [1.807, 2.05) is 36.6 Å². The second-order valence-corrected chi connectivity index (χ2v) is 6.87. The number of hydrogen-bond donors (Lipinski definition) is 1. The molecule has 0 aliphatic rings. The third-order valence-corrected chi connectivity index (χ3v) is 4.91. The molecule has 0 unspecified atom stereocenters. The summed E-state index contributed by atoms with van der Waals surface area (Å²) in [4.78, 5) is 20.6. The highest BCUT2D eigenvalue weighted by Crippen LogP contribution is 2.23. The number of anilines is 1. The first-order valence-electron chi connectivity index (χ1n) is 8.39. The number of thioether (sulfide) groups is 1. The Morgan fingerprint density at radius 1 is 1.26 bits per heavy atom. The minimum atomic E-state index is -0.0996. The average Bonchev–Trinajstić information content (AvgIpc) is 3.07. The molecule has 8 heteroatoms. The summed E-state index contributed by atoms with van der Waals surface area (Å²) < 4.78 is 1.87. The Kier molecular flexibility index (Phi) is 5.97. The van der Waals surface area contributed by atoms with Gasteiger partial charge in [-0.25, -0.2) is 4.98 Å². The summed E-state index contributed by atoms with van der Waals surface area (Å²) in [7, 11) is 0. The molecule has 0 bridgehead atoms. The Morgan fingerprint density at radius 2 is 2.11 bits per heavy atom. The summed E-state index contributed by atoms with van der Waals surface area (Å²) in [6.07, 6.45) is 6.59. The van der Waals surface area contributed by atoms with Crippen molar-refractivity contribution in [2.75, 3.05) is 11.1 Å². The molecule has 0 saturated heterocycles. The number of nitrogens with zero attached hydrogens (tertiary/aromatic N) is 5. The van der Waals surface area contributed by atoms with Crippen LogP contribution in [0.15, 0.2) is 54.6 Å². The van der Waals surface area contributed by atoms with Crippen molar-refractivity contribution >= 4 is 23.4 Å². The minimum Gasteiger partial charge on any atom is -0.325 e. The molecule has 0 spiro atoms. The lowest BCUT2D eigenvalue weighted by Gasteiger charge is -2.09. The fourth-order valence-corrected chi connectivity index (χ4v) is 3.19. The van der Waals surface area contributed by atoms with E-state index in [0.717, 1.165) is 11.3 Å². The van der Waals surface area contributed by atoms with E-state index in [0.29, 0.717) is 23.2 Å². The van der Waals surface area contributed by atoms with Gasteiger partial charge in [0.1, 0.15) is 5.69 Å². The van der Waals surface area contributed by atoms with Crippen molar-refractivity contribution in [2.24, 2.45) is 0 Å². The molecule has 2 heterocycles. The quantitative estimate of drug-likeness (QED) is 0.500. The molecule has 0 aliphatic heterocycles. The van der Waals surface area contributed by atoms with E-state index in [2.05, 4.69) is 32.1 Å². The highest BCUT2D eigenvalue weighted by Gasteiger charge is 2.16. The third kappa shape index (κ3) is 4.59. The van der Waals surface area contributed by atoms with Gasteiger partial charge in [0.05, 0.1) is 11.9 Å². The Hall–Kier alpha value is -3.00. The number of aryl methyl sites for hydroxylation is 2. The molecule has 3 rings (SSSR count). The van der Waals surface area contributed by atoms with Crippen LogP contribution in [0.3, 0.4) is 0 Å². The maximum Gasteiger partial charge on any atom is 0.234 e. The van der Waals surface area contributed by atoms with Gasteiger partial charge in [-0.05, 0) is 37.1 Å². The number of allylic oxidation sites excluding steroid dienone is 1. The molecule has 2 aromatic heterocycles. The van der Waals surface area contributed by atoms with Gasteiger partial charge in [-0.15, -0.1) is 16.8 Å². The Bertz CT molecular complexity index is 954. The van der Waals surface area contributed by atoms with Crippen molar-refractivity contribution in [2.45, 2.75) is 25.5 Å². The van der Waals surface area contributed by atoms with Crippen LogP contribution in [0.25, 0.3) is 11.5 Å². The lowest BCUT2D eigenvalue weighted by molar-refractivity contribution is -0.113. The zero-order chi connectivity index (χ0) is 19.2. The molecule has 1 amide bonds. The number of benzene rings is 1. The monoisotopic (exact) mass is 380 g/mol. The maximum atomic E-state index is 12.3. The largest absolute Gasteiger partial charge is 0.325 e. The summed E-state index contributed by atoms with van der Waals surface area (Å²) in [5.41, 5.74) is 3.74. The first-order chi connectivity index (χ1) is 13.1. The van der Waals surface area contributed by atoms with E-state index in [-0.39, 0.29) is 11.7 Å². The molecular formula is C19H20N6OS. The maximum absolute atomic E-state index is 12.3. The van der Waals surface area contributed by atoms with E-state index < -0.39 is 0 Å². The SMILES string of the molecule is C=CCn1c(SCC(=O)Nc2ccc(C)c(C)c2)nnc1-c1cnccn1. The Labute approximate surface area is 162 Å². The van der Waals surface area contributed by atoms with Crippen LogP contribution in [0.4, 0.5) is 5.69 Å². The summed E-state index contributed by atoms with van der Waals surface area (Å²) in [6.45, 7) is 8.35. The second-order valence-electron chi connectivity index (χ2n) is 5.93. The van der Waals surface area contributed by atoms with Crippen LogP contribution >= 0.6 is 11.8 Å². The average molecular weight is 380 g/mol.